The van der Waals surface area contributed by atoms with Crippen molar-refractivity contribution in [2.75, 3.05) is 13.1 Å². The minimum atomic E-state index is 0. The van der Waals surface area contributed by atoms with Crippen LogP contribution in [-0.4, -0.2) is 29.9 Å². The van der Waals surface area contributed by atoms with Crippen molar-refractivity contribution in [3.8, 4) is 0 Å². The molecule has 0 radical (unpaired) electrons. The van der Waals surface area contributed by atoms with Gasteiger partial charge in [-0.3, -0.25) is 4.79 Å². The highest BCUT2D eigenvalue weighted by atomic mass is 127. The first kappa shape index (κ1) is 18.0. The van der Waals surface area contributed by atoms with E-state index >= 15 is 0 Å². The Labute approximate surface area is 144 Å². The number of likely N-dealkylation sites (tertiary alicyclic amines) is 1. The van der Waals surface area contributed by atoms with Crippen LogP contribution in [0.2, 0.25) is 5.02 Å². The Bertz CT molecular complexity index is 484. The maximum atomic E-state index is 12.6. The third-order valence-corrected chi connectivity index (χ3v) is 5.22. The lowest BCUT2D eigenvalue weighted by molar-refractivity contribution is 0.0573. The highest BCUT2D eigenvalue weighted by Gasteiger charge is 2.29. The van der Waals surface area contributed by atoms with E-state index < -0.39 is 0 Å². The van der Waals surface area contributed by atoms with Crippen molar-refractivity contribution in [3.05, 3.63) is 32.4 Å². The number of benzene rings is 1. The Balaban J connectivity index is 0.00000200. The number of nitrogens with zero attached hydrogens (tertiary/aromatic N) is 1. The van der Waals surface area contributed by atoms with Crippen LogP contribution in [0.3, 0.4) is 0 Å². The SMILES string of the molecule is CC1CCN(C(=O)c2ccc(Cl)c(I)c2)C(CN)C1.Cl. The summed E-state index contributed by atoms with van der Waals surface area (Å²) in [6, 6.07) is 5.57. The Morgan fingerprint density at radius 1 is 1.55 bits per heavy atom. The summed E-state index contributed by atoms with van der Waals surface area (Å²) >= 11 is 8.14. The molecule has 0 bridgehead atoms. The zero-order valence-electron chi connectivity index (χ0n) is 11.3. The van der Waals surface area contributed by atoms with E-state index in [4.69, 9.17) is 17.3 Å². The lowest BCUT2D eigenvalue weighted by Crippen LogP contribution is -2.49. The second-order valence-electron chi connectivity index (χ2n) is 5.15. The third-order valence-electron chi connectivity index (χ3n) is 3.68. The summed E-state index contributed by atoms with van der Waals surface area (Å²) in [5, 5.41) is 0.680. The molecule has 0 saturated carbocycles. The number of hydrogen-bond acceptors (Lipinski definition) is 2. The summed E-state index contributed by atoms with van der Waals surface area (Å²) in [6.45, 7) is 3.54. The van der Waals surface area contributed by atoms with Gasteiger partial charge in [0.25, 0.3) is 5.91 Å². The number of carbonyl (C=O) groups excluding carboxylic acids is 1. The quantitative estimate of drug-likeness (QED) is 0.732. The summed E-state index contributed by atoms with van der Waals surface area (Å²) < 4.78 is 0.903. The summed E-state index contributed by atoms with van der Waals surface area (Å²) in [5.74, 6) is 0.708. The van der Waals surface area contributed by atoms with Gasteiger partial charge in [0.15, 0.2) is 0 Å². The maximum absolute atomic E-state index is 12.6. The van der Waals surface area contributed by atoms with Crippen molar-refractivity contribution in [1.82, 2.24) is 4.90 Å². The second kappa shape index (κ2) is 7.82. The molecule has 3 nitrogen and oxygen atoms in total. The van der Waals surface area contributed by atoms with E-state index in [0.717, 1.165) is 23.0 Å². The van der Waals surface area contributed by atoms with Gasteiger partial charge in [0.1, 0.15) is 0 Å². The largest absolute Gasteiger partial charge is 0.334 e. The van der Waals surface area contributed by atoms with Crippen LogP contribution in [0.4, 0.5) is 0 Å². The van der Waals surface area contributed by atoms with Crippen molar-refractivity contribution in [3.63, 3.8) is 0 Å². The van der Waals surface area contributed by atoms with Gasteiger partial charge >= 0.3 is 0 Å². The number of rotatable bonds is 2. The molecule has 1 aromatic carbocycles. The molecule has 2 unspecified atom stereocenters. The van der Waals surface area contributed by atoms with E-state index in [1.807, 2.05) is 11.0 Å². The molecule has 2 N–H and O–H groups in total. The number of amides is 1. The highest BCUT2D eigenvalue weighted by molar-refractivity contribution is 14.1. The molecular weight excluding hydrogens is 410 g/mol. The Morgan fingerprint density at radius 2 is 2.25 bits per heavy atom. The van der Waals surface area contributed by atoms with Crippen LogP contribution in [-0.2, 0) is 0 Å². The minimum Gasteiger partial charge on any atom is -0.334 e. The number of nitrogens with two attached hydrogens (primary N) is 1. The molecule has 0 aliphatic carbocycles. The Kier molecular flexibility index (Phi) is 7.04. The third kappa shape index (κ3) is 4.00. The van der Waals surface area contributed by atoms with E-state index in [1.54, 1.807) is 12.1 Å². The first-order chi connectivity index (χ1) is 9.02. The highest BCUT2D eigenvalue weighted by Crippen LogP contribution is 2.25. The summed E-state index contributed by atoms with van der Waals surface area (Å²) in [7, 11) is 0. The molecule has 1 saturated heterocycles. The Hall–Kier alpha value is -0.0400. The molecule has 1 amide bonds. The smallest absolute Gasteiger partial charge is 0.254 e. The number of carbonyl (C=O) groups is 1. The fourth-order valence-corrected chi connectivity index (χ4v) is 3.17. The van der Waals surface area contributed by atoms with Crippen LogP contribution in [0.5, 0.6) is 0 Å². The molecule has 1 aliphatic heterocycles. The average molecular weight is 429 g/mol. The first-order valence-corrected chi connectivity index (χ1v) is 7.94. The van der Waals surface area contributed by atoms with Gasteiger partial charge in [-0.1, -0.05) is 18.5 Å². The molecule has 1 aromatic rings. The monoisotopic (exact) mass is 428 g/mol. The number of hydrogen-bond donors (Lipinski definition) is 1. The fraction of sp³-hybridized carbons (Fsp3) is 0.500. The lowest BCUT2D eigenvalue weighted by Gasteiger charge is -2.38. The predicted molar refractivity (Wildman–Crippen MR) is 93.7 cm³/mol. The second-order valence-corrected chi connectivity index (χ2v) is 6.72. The topological polar surface area (TPSA) is 46.3 Å². The van der Waals surface area contributed by atoms with E-state index in [9.17, 15) is 4.79 Å². The molecule has 112 valence electrons. The Morgan fingerprint density at radius 3 is 2.85 bits per heavy atom. The summed E-state index contributed by atoms with van der Waals surface area (Å²) in [6.07, 6.45) is 2.04. The lowest BCUT2D eigenvalue weighted by atomic mass is 9.92. The van der Waals surface area contributed by atoms with Crippen molar-refractivity contribution in [1.29, 1.82) is 0 Å². The van der Waals surface area contributed by atoms with Crippen LogP contribution in [0.15, 0.2) is 18.2 Å². The molecule has 20 heavy (non-hydrogen) atoms. The maximum Gasteiger partial charge on any atom is 0.254 e. The van der Waals surface area contributed by atoms with Gasteiger partial charge in [0.05, 0.1) is 5.02 Å². The number of halogens is 3. The van der Waals surface area contributed by atoms with Crippen LogP contribution in [0, 0.1) is 9.49 Å². The van der Waals surface area contributed by atoms with Gasteiger partial charge in [-0.05, 0) is 59.5 Å². The zero-order chi connectivity index (χ0) is 14.0. The number of piperidine rings is 1. The van der Waals surface area contributed by atoms with Gasteiger partial charge in [0, 0.05) is 28.3 Å². The molecule has 0 aromatic heterocycles. The van der Waals surface area contributed by atoms with Gasteiger partial charge in [-0.2, -0.15) is 0 Å². The van der Waals surface area contributed by atoms with Crippen LogP contribution < -0.4 is 5.73 Å². The molecule has 2 rings (SSSR count). The minimum absolute atomic E-state index is 0. The van der Waals surface area contributed by atoms with Gasteiger partial charge in [-0.25, -0.2) is 0 Å². The summed E-state index contributed by atoms with van der Waals surface area (Å²) in [4.78, 5) is 14.5. The summed E-state index contributed by atoms with van der Waals surface area (Å²) in [5.41, 5.74) is 6.51. The van der Waals surface area contributed by atoms with Crippen molar-refractivity contribution in [2.45, 2.75) is 25.8 Å². The van der Waals surface area contributed by atoms with E-state index in [-0.39, 0.29) is 24.4 Å². The molecule has 2 atom stereocenters. The van der Waals surface area contributed by atoms with Crippen molar-refractivity contribution in [2.24, 2.45) is 11.7 Å². The van der Waals surface area contributed by atoms with Crippen molar-refractivity contribution >= 4 is 52.5 Å². The molecule has 1 fully saturated rings. The van der Waals surface area contributed by atoms with Gasteiger partial charge in [0.2, 0.25) is 0 Å². The normalized spacial score (nSPS) is 22.3. The van der Waals surface area contributed by atoms with Crippen LogP contribution in [0.1, 0.15) is 30.1 Å². The van der Waals surface area contributed by atoms with E-state index in [1.165, 1.54) is 0 Å². The fourth-order valence-electron chi connectivity index (χ4n) is 2.54. The molecule has 6 heteroatoms. The molecule has 1 aliphatic rings. The first-order valence-electron chi connectivity index (χ1n) is 6.49. The zero-order valence-corrected chi connectivity index (χ0v) is 15.0. The molecule has 0 spiro atoms. The molecular formula is C14H19Cl2IN2O. The molecule has 1 heterocycles. The van der Waals surface area contributed by atoms with Crippen LogP contribution >= 0.6 is 46.6 Å². The average Bonchev–Trinajstić information content (AvgIpc) is 2.41. The van der Waals surface area contributed by atoms with Gasteiger partial charge < -0.3 is 10.6 Å². The van der Waals surface area contributed by atoms with E-state index in [2.05, 4.69) is 29.5 Å². The van der Waals surface area contributed by atoms with Crippen molar-refractivity contribution < 1.29 is 4.79 Å². The van der Waals surface area contributed by atoms with E-state index in [0.29, 0.717) is 23.0 Å². The van der Waals surface area contributed by atoms with Crippen LogP contribution in [0.25, 0.3) is 0 Å². The predicted octanol–water partition coefficient (Wildman–Crippen LogP) is 3.57. The van der Waals surface area contributed by atoms with Gasteiger partial charge in [-0.15, -0.1) is 12.4 Å². The standard InChI is InChI=1S/C14H18ClIN2O.ClH/c1-9-4-5-18(11(6-9)8-17)14(19)10-2-3-12(15)13(16)7-10;/h2-3,7,9,11H,4-6,8,17H2,1H3;1H.